The number of primary amides is 1. The second kappa shape index (κ2) is 5.08. The molecular formula is C9H9FN2O4. The molecule has 0 aliphatic rings. The third-order valence-corrected chi connectivity index (χ3v) is 1.58. The number of carbonyl (C=O) groups is 2. The molecule has 0 heterocycles. The van der Waals surface area contributed by atoms with Crippen LogP contribution < -0.4 is 11.2 Å². The van der Waals surface area contributed by atoms with Crippen LogP contribution in [0.15, 0.2) is 18.2 Å². The molecular weight excluding hydrogens is 219 g/mol. The molecule has 0 aliphatic heterocycles. The van der Waals surface area contributed by atoms with Crippen LogP contribution in [0.5, 0.6) is 5.75 Å². The molecule has 0 aromatic heterocycles. The number of carbonyl (C=O) groups excluding carboxylic acids is 2. The van der Waals surface area contributed by atoms with E-state index in [1.807, 2.05) is 5.48 Å². The number of aromatic hydroxyl groups is 1. The van der Waals surface area contributed by atoms with Crippen molar-refractivity contribution in [3.63, 3.8) is 0 Å². The van der Waals surface area contributed by atoms with E-state index in [2.05, 4.69) is 4.84 Å². The van der Waals surface area contributed by atoms with Crippen molar-refractivity contribution in [3.05, 3.63) is 29.6 Å². The van der Waals surface area contributed by atoms with Gasteiger partial charge in [-0.2, -0.15) is 0 Å². The molecule has 86 valence electrons. The van der Waals surface area contributed by atoms with E-state index in [1.165, 1.54) is 0 Å². The highest BCUT2D eigenvalue weighted by Gasteiger charge is 2.11. The molecule has 0 spiro atoms. The van der Waals surface area contributed by atoms with Crippen molar-refractivity contribution in [2.45, 2.75) is 0 Å². The molecule has 0 radical (unpaired) electrons. The van der Waals surface area contributed by atoms with Gasteiger partial charge in [-0.15, -0.1) is 0 Å². The lowest BCUT2D eigenvalue weighted by Crippen LogP contribution is -2.29. The second-order valence-corrected chi connectivity index (χ2v) is 2.85. The minimum Gasteiger partial charge on any atom is -0.507 e. The lowest BCUT2D eigenvalue weighted by atomic mass is 10.2. The van der Waals surface area contributed by atoms with Gasteiger partial charge in [0.15, 0.2) is 6.61 Å². The summed E-state index contributed by atoms with van der Waals surface area (Å²) in [5, 5.41) is 9.22. The maximum absolute atomic E-state index is 12.6. The van der Waals surface area contributed by atoms with E-state index >= 15 is 0 Å². The summed E-state index contributed by atoms with van der Waals surface area (Å²) in [5.74, 6) is -2.77. The van der Waals surface area contributed by atoms with E-state index in [0.717, 1.165) is 18.2 Å². The second-order valence-electron chi connectivity index (χ2n) is 2.85. The smallest absolute Gasteiger partial charge is 0.278 e. The van der Waals surface area contributed by atoms with Gasteiger partial charge in [-0.3, -0.25) is 14.4 Å². The quantitative estimate of drug-likeness (QED) is 0.614. The maximum Gasteiger partial charge on any atom is 0.278 e. The predicted octanol–water partition coefficient (Wildman–Crippen LogP) is -0.322. The number of hydroxylamine groups is 1. The molecule has 0 bridgehead atoms. The van der Waals surface area contributed by atoms with Gasteiger partial charge in [-0.05, 0) is 12.1 Å². The molecule has 2 amide bonds. The molecule has 1 aromatic carbocycles. The SMILES string of the molecule is NC(=O)CONC(=O)c1ccc(F)cc1O. The molecule has 0 saturated heterocycles. The Morgan fingerprint density at radius 1 is 1.50 bits per heavy atom. The maximum atomic E-state index is 12.6. The number of phenolic OH excluding ortho intramolecular Hbond substituents is 1. The van der Waals surface area contributed by atoms with Crippen LogP contribution >= 0.6 is 0 Å². The third kappa shape index (κ3) is 3.21. The summed E-state index contributed by atoms with van der Waals surface area (Å²) in [7, 11) is 0. The number of hydrogen-bond donors (Lipinski definition) is 3. The Morgan fingerprint density at radius 3 is 2.75 bits per heavy atom. The normalized spacial score (nSPS) is 9.81. The molecule has 0 fully saturated rings. The summed E-state index contributed by atoms with van der Waals surface area (Å²) in [5.41, 5.74) is 6.45. The predicted molar refractivity (Wildman–Crippen MR) is 50.7 cm³/mol. The van der Waals surface area contributed by atoms with Crippen LogP contribution in [0.2, 0.25) is 0 Å². The molecule has 0 unspecified atom stereocenters. The first-order valence-corrected chi connectivity index (χ1v) is 4.19. The minimum atomic E-state index is -0.807. The monoisotopic (exact) mass is 228 g/mol. The van der Waals surface area contributed by atoms with E-state index in [-0.39, 0.29) is 5.56 Å². The van der Waals surface area contributed by atoms with Crippen LogP contribution in [0.25, 0.3) is 0 Å². The summed E-state index contributed by atoms with van der Waals surface area (Å²) in [6.07, 6.45) is 0. The van der Waals surface area contributed by atoms with Gasteiger partial charge in [0.1, 0.15) is 11.6 Å². The first-order chi connectivity index (χ1) is 7.50. The molecule has 6 nitrogen and oxygen atoms in total. The van der Waals surface area contributed by atoms with Crippen LogP contribution in [0.1, 0.15) is 10.4 Å². The number of nitrogens with two attached hydrogens (primary N) is 1. The Bertz CT molecular complexity index is 422. The first kappa shape index (κ1) is 11.9. The zero-order chi connectivity index (χ0) is 12.1. The number of hydrogen-bond acceptors (Lipinski definition) is 4. The van der Waals surface area contributed by atoms with E-state index < -0.39 is 30.0 Å². The van der Waals surface area contributed by atoms with Crippen LogP contribution in [0.4, 0.5) is 4.39 Å². The fraction of sp³-hybridized carbons (Fsp3) is 0.111. The minimum absolute atomic E-state index is 0.175. The van der Waals surface area contributed by atoms with Crippen molar-refractivity contribution in [1.29, 1.82) is 0 Å². The highest BCUT2D eigenvalue weighted by Crippen LogP contribution is 2.17. The molecule has 1 aromatic rings. The Labute approximate surface area is 89.8 Å². The van der Waals surface area contributed by atoms with E-state index in [1.54, 1.807) is 0 Å². The molecule has 0 atom stereocenters. The van der Waals surface area contributed by atoms with Gasteiger partial charge in [0.05, 0.1) is 5.56 Å². The lowest BCUT2D eigenvalue weighted by molar-refractivity contribution is -0.124. The largest absolute Gasteiger partial charge is 0.507 e. The molecule has 16 heavy (non-hydrogen) atoms. The zero-order valence-corrected chi connectivity index (χ0v) is 8.07. The Balaban J connectivity index is 2.63. The highest BCUT2D eigenvalue weighted by molar-refractivity contribution is 5.96. The van der Waals surface area contributed by atoms with Crippen LogP contribution in [0.3, 0.4) is 0 Å². The van der Waals surface area contributed by atoms with Gasteiger partial charge in [0.2, 0.25) is 5.91 Å². The highest BCUT2D eigenvalue weighted by atomic mass is 19.1. The summed E-state index contributed by atoms with van der Waals surface area (Å²) in [4.78, 5) is 26.0. The van der Waals surface area contributed by atoms with Crippen LogP contribution in [-0.2, 0) is 9.63 Å². The zero-order valence-electron chi connectivity index (χ0n) is 8.07. The van der Waals surface area contributed by atoms with Crippen molar-refractivity contribution in [2.24, 2.45) is 5.73 Å². The average Bonchev–Trinajstić information content (AvgIpc) is 2.16. The Kier molecular flexibility index (Phi) is 3.78. The fourth-order valence-electron chi connectivity index (χ4n) is 0.925. The lowest BCUT2D eigenvalue weighted by Gasteiger charge is -2.05. The first-order valence-electron chi connectivity index (χ1n) is 4.19. The van der Waals surface area contributed by atoms with Gasteiger partial charge < -0.3 is 10.8 Å². The molecule has 0 aliphatic carbocycles. The number of rotatable bonds is 4. The Morgan fingerprint density at radius 2 is 2.19 bits per heavy atom. The topological polar surface area (TPSA) is 102 Å². The molecule has 4 N–H and O–H groups in total. The van der Waals surface area contributed by atoms with Crippen LogP contribution in [-0.4, -0.2) is 23.5 Å². The van der Waals surface area contributed by atoms with Gasteiger partial charge in [0.25, 0.3) is 5.91 Å². The fourth-order valence-corrected chi connectivity index (χ4v) is 0.925. The van der Waals surface area contributed by atoms with E-state index in [4.69, 9.17) is 5.73 Å². The van der Waals surface area contributed by atoms with Crippen molar-refractivity contribution in [3.8, 4) is 5.75 Å². The number of phenols is 1. The summed E-state index contributed by atoms with van der Waals surface area (Å²) >= 11 is 0. The number of amides is 2. The summed E-state index contributed by atoms with van der Waals surface area (Å²) in [6, 6.07) is 2.86. The van der Waals surface area contributed by atoms with E-state index in [9.17, 15) is 19.1 Å². The molecule has 1 rings (SSSR count). The van der Waals surface area contributed by atoms with Gasteiger partial charge in [-0.1, -0.05) is 0 Å². The summed E-state index contributed by atoms with van der Waals surface area (Å²) < 4.78 is 12.6. The van der Waals surface area contributed by atoms with E-state index in [0.29, 0.717) is 0 Å². The van der Waals surface area contributed by atoms with Crippen molar-refractivity contribution < 1.29 is 23.9 Å². The van der Waals surface area contributed by atoms with Gasteiger partial charge in [0, 0.05) is 6.07 Å². The van der Waals surface area contributed by atoms with Crippen LogP contribution in [0, 0.1) is 5.82 Å². The number of halogens is 1. The number of benzene rings is 1. The number of nitrogens with one attached hydrogen (secondary N) is 1. The standard InChI is InChI=1S/C9H9FN2O4/c10-5-1-2-6(7(13)3-5)9(15)12-16-4-8(11)14/h1-3,13H,4H2,(H2,11,14)(H,12,15). The van der Waals surface area contributed by atoms with Gasteiger partial charge >= 0.3 is 0 Å². The third-order valence-electron chi connectivity index (χ3n) is 1.58. The van der Waals surface area contributed by atoms with Crippen molar-refractivity contribution in [2.75, 3.05) is 6.61 Å². The van der Waals surface area contributed by atoms with Crippen molar-refractivity contribution in [1.82, 2.24) is 5.48 Å². The Hall–Kier alpha value is -2.15. The van der Waals surface area contributed by atoms with Crippen molar-refractivity contribution >= 4 is 11.8 Å². The molecule has 0 saturated carbocycles. The average molecular weight is 228 g/mol. The summed E-state index contributed by atoms with van der Waals surface area (Å²) in [6.45, 7) is -0.492. The molecule has 7 heteroatoms. The van der Waals surface area contributed by atoms with Gasteiger partial charge in [-0.25, -0.2) is 9.87 Å².